The molecule has 128 valence electrons. The molecule has 1 amide bonds. The lowest BCUT2D eigenvalue weighted by Crippen LogP contribution is -2.26. The van der Waals surface area contributed by atoms with Crippen molar-refractivity contribution in [3.63, 3.8) is 0 Å². The van der Waals surface area contributed by atoms with Crippen molar-refractivity contribution in [1.29, 1.82) is 0 Å². The number of allylic oxidation sites excluding steroid dienone is 1. The van der Waals surface area contributed by atoms with Gasteiger partial charge in [0, 0.05) is 26.0 Å². The lowest BCUT2D eigenvalue weighted by Gasteiger charge is -2.17. The van der Waals surface area contributed by atoms with Gasteiger partial charge in [-0.3, -0.25) is 4.79 Å². The summed E-state index contributed by atoms with van der Waals surface area (Å²) in [7, 11) is 2.87. The molecule has 0 aliphatic carbocycles. The van der Waals surface area contributed by atoms with Gasteiger partial charge >= 0.3 is 5.97 Å². The van der Waals surface area contributed by atoms with Gasteiger partial charge in [0.2, 0.25) is 0 Å². The minimum atomic E-state index is -0.566. The molecule has 24 heavy (non-hydrogen) atoms. The number of carbonyl (C=O) groups is 2. The number of ether oxygens (including phenoxy) is 2. The van der Waals surface area contributed by atoms with Gasteiger partial charge in [0.25, 0.3) is 5.91 Å². The summed E-state index contributed by atoms with van der Waals surface area (Å²) in [5.74, 6) is -1.20. The highest BCUT2D eigenvalue weighted by Crippen LogP contribution is 2.31. The molecule has 0 unspecified atom stereocenters. The first-order valence-electron chi connectivity index (χ1n) is 7.57. The van der Waals surface area contributed by atoms with Gasteiger partial charge in [-0.15, -0.1) is 0 Å². The van der Waals surface area contributed by atoms with Crippen molar-refractivity contribution in [2.75, 3.05) is 27.4 Å². The van der Waals surface area contributed by atoms with Crippen LogP contribution in [0.3, 0.4) is 0 Å². The summed E-state index contributed by atoms with van der Waals surface area (Å²) in [5, 5.41) is 0. The highest BCUT2D eigenvalue weighted by Gasteiger charge is 2.36. The predicted molar refractivity (Wildman–Crippen MR) is 87.3 cm³/mol. The smallest absolute Gasteiger partial charge is 0.340 e. The molecule has 1 aromatic rings. The molecule has 2 rings (SSSR count). The first-order chi connectivity index (χ1) is 11.5. The summed E-state index contributed by atoms with van der Waals surface area (Å²) < 4.78 is 22.9. The molecule has 0 saturated heterocycles. The third kappa shape index (κ3) is 3.71. The van der Waals surface area contributed by atoms with E-state index >= 15 is 0 Å². The van der Waals surface area contributed by atoms with E-state index in [1.54, 1.807) is 37.1 Å². The Morgan fingerprint density at radius 3 is 2.50 bits per heavy atom. The second-order valence-electron chi connectivity index (χ2n) is 5.36. The van der Waals surface area contributed by atoms with E-state index in [1.807, 2.05) is 0 Å². The maximum atomic E-state index is 13.0. The molecule has 0 spiro atoms. The van der Waals surface area contributed by atoms with Gasteiger partial charge in [0.05, 0.1) is 18.3 Å². The summed E-state index contributed by atoms with van der Waals surface area (Å²) >= 11 is 0. The van der Waals surface area contributed by atoms with E-state index in [9.17, 15) is 14.0 Å². The van der Waals surface area contributed by atoms with E-state index in [0.29, 0.717) is 30.8 Å². The second-order valence-corrected chi connectivity index (χ2v) is 5.36. The number of nitrogens with zero attached hydrogens (tertiary/aromatic N) is 1. The van der Waals surface area contributed by atoms with Crippen molar-refractivity contribution in [2.45, 2.75) is 13.3 Å². The molecule has 0 aromatic heterocycles. The highest BCUT2D eigenvalue weighted by atomic mass is 19.1. The fraction of sp³-hybridized carbons (Fsp3) is 0.333. The Morgan fingerprint density at radius 2 is 1.92 bits per heavy atom. The zero-order valence-corrected chi connectivity index (χ0v) is 14.0. The molecule has 0 N–H and O–H groups in total. The van der Waals surface area contributed by atoms with Crippen LogP contribution >= 0.6 is 0 Å². The second kappa shape index (κ2) is 7.88. The van der Waals surface area contributed by atoms with Crippen molar-refractivity contribution >= 4 is 18.0 Å². The molecule has 0 saturated carbocycles. The first-order valence-corrected chi connectivity index (χ1v) is 7.57. The molecule has 0 fully saturated rings. The fourth-order valence-electron chi connectivity index (χ4n) is 2.59. The van der Waals surface area contributed by atoms with E-state index in [4.69, 9.17) is 9.47 Å². The Hall–Kier alpha value is -2.47. The molecule has 0 bridgehead atoms. The summed E-state index contributed by atoms with van der Waals surface area (Å²) in [5.41, 5.74) is 1.68. The molecule has 1 aliphatic heterocycles. The van der Waals surface area contributed by atoms with E-state index in [2.05, 4.69) is 0 Å². The number of esters is 1. The number of methoxy groups -OCH3 is 2. The lowest BCUT2D eigenvalue weighted by molar-refractivity contribution is -0.136. The number of amides is 1. The van der Waals surface area contributed by atoms with Gasteiger partial charge in [0.1, 0.15) is 5.82 Å². The summed E-state index contributed by atoms with van der Waals surface area (Å²) in [6.45, 7) is 2.67. The topological polar surface area (TPSA) is 55.8 Å². The standard InChI is InChI=1S/C18H20FNO4/c1-12-16(18(22)24-3)15(11-13-5-7-14(19)8-6-13)17(21)20(12)9-4-10-23-2/h5-8,11H,4,9-10H2,1-3H3/b15-11-. The third-order valence-corrected chi connectivity index (χ3v) is 3.81. The van der Waals surface area contributed by atoms with Gasteiger partial charge in [-0.2, -0.15) is 0 Å². The normalized spacial score (nSPS) is 16.2. The van der Waals surface area contributed by atoms with E-state index < -0.39 is 5.97 Å². The Morgan fingerprint density at radius 1 is 1.25 bits per heavy atom. The van der Waals surface area contributed by atoms with Crippen LogP contribution in [0.5, 0.6) is 0 Å². The van der Waals surface area contributed by atoms with Crippen molar-refractivity contribution in [1.82, 2.24) is 4.90 Å². The number of halogens is 1. The summed E-state index contributed by atoms with van der Waals surface area (Å²) in [6, 6.07) is 5.70. The van der Waals surface area contributed by atoms with Gasteiger partial charge in [-0.05, 0) is 37.1 Å². The number of hydrogen-bond donors (Lipinski definition) is 0. The summed E-state index contributed by atoms with van der Waals surface area (Å²) in [4.78, 5) is 26.4. The molecule has 1 aliphatic rings. The molecule has 1 aromatic carbocycles. The predicted octanol–water partition coefficient (Wildman–Crippen LogP) is 2.53. The van der Waals surface area contributed by atoms with Gasteiger partial charge in [-0.1, -0.05) is 12.1 Å². The van der Waals surface area contributed by atoms with Crippen molar-refractivity contribution in [2.24, 2.45) is 0 Å². The van der Waals surface area contributed by atoms with Crippen molar-refractivity contribution < 1.29 is 23.5 Å². The molecular formula is C18H20FNO4. The summed E-state index contributed by atoms with van der Waals surface area (Å²) in [6.07, 6.45) is 2.23. The van der Waals surface area contributed by atoms with Crippen LogP contribution in [0.15, 0.2) is 41.1 Å². The fourth-order valence-corrected chi connectivity index (χ4v) is 2.59. The maximum Gasteiger partial charge on any atom is 0.340 e. The average molecular weight is 333 g/mol. The Labute approximate surface area is 140 Å². The van der Waals surface area contributed by atoms with Crippen molar-refractivity contribution in [3.8, 4) is 0 Å². The molecule has 0 atom stereocenters. The minimum absolute atomic E-state index is 0.240. The van der Waals surface area contributed by atoms with Crippen LogP contribution in [0.4, 0.5) is 4.39 Å². The van der Waals surface area contributed by atoms with Gasteiger partial charge in [-0.25, -0.2) is 9.18 Å². The number of benzene rings is 1. The third-order valence-electron chi connectivity index (χ3n) is 3.81. The van der Waals surface area contributed by atoms with Crippen LogP contribution in [-0.2, 0) is 19.1 Å². The van der Waals surface area contributed by atoms with Crippen LogP contribution < -0.4 is 0 Å². The van der Waals surface area contributed by atoms with E-state index in [-0.39, 0.29) is 22.9 Å². The van der Waals surface area contributed by atoms with E-state index in [0.717, 1.165) is 0 Å². The van der Waals surface area contributed by atoms with Crippen LogP contribution in [0, 0.1) is 5.82 Å². The lowest BCUT2D eigenvalue weighted by atomic mass is 10.0. The molecule has 1 heterocycles. The number of carbonyl (C=O) groups excluding carboxylic acids is 2. The zero-order chi connectivity index (χ0) is 17.7. The van der Waals surface area contributed by atoms with Gasteiger partial charge < -0.3 is 14.4 Å². The SMILES string of the molecule is COCCCN1C(=O)/C(=C\c2ccc(F)cc2)C(C(=O)OC)=C1C. The van der Waals surface area contributed by atoms with Crippen LogP contribution in [0.1, 0.15) is 18.9 Å². The maximum absolute atomic E-state index is 13.0. The molecule has 5 nitrogen and oxygen atoms in total. The largest absolute Gasteiger partial charge is 0.465 e. The first kappa shape index (κ1) is 17.9. The van der Waals surface area contributed by atoms with Crippen molar-refractivity contribution in [3.05, 3.63) is 52.5 Å². The molecular weight excluding hydrogens is 313 g/mol. The molecule has 6 heteroatoms. The zero-order valence-electron chi connectivity index (χ0n) is 14.0. The highest BCUT2D eigenvalue weighted by molar-refractivity contribution is 6.16. The Bertz CT molecular complexity index is 691. The average Bonchev–Trinajstić information content (AvgIpc) is 2.80. The van der Waals surface area contributed by atoms with Crippen LogP contribution in [-0.4, -0.2) is 44.1 Å². The minimum Gasteiger partial charge on any atom is -0.465 e. The van der Waals surface area contributed by atoms with Crippen LogP contribution in [0.2, 0.25) is 0 Å². The number of hydrogen-bond acceptors (Lipinski definition) is 4. The molecule has 0 radical (unpaired) electrons. The number of rotatable bonds is 6. The Balaban J connectivity index is 2.39. The van der Waals surface area contributed by atoms with Gasteiger partial charge in [0.15, 0.2) is 0 Å². The quantitative estimate of drug-likeness (QED) is 0.456. The Kier molecular flexibility index (Phi) is 5.87. The van der Waals surface area contributed by atoms with E-state index in [1.165, 1.54) is 19.2 Å². The monoisotopic (exact) mass is 333 g/mol. The van der Waals surface area contributed by atoms with Crippen LogP contribution in [0.25, 0.3) is 6.08 Å².